The molecule has 4 nitrogen and oxygen atoms in total. The average molecular weight is 463 g/mol. The molecule has 9 heteroatoms. The van der Waals surface area contributed by atoms with Crippen molar-refractivity contribution in [1.29, 1.82) is 0 Å². The van der Waals surface area contributed by atoms with E-state index in [2.05, 4.69) is 10.3 Å². The molecule has 2 heterocycles. The first-order valence-corrected chi connectivity index (χ1v) is 10.5. The van der Waals surface area contributed by atoms with Crippen molar-refractivity contribution in [2.24, 2.45) is 5.92 Å². The highest BCUT2D eigenvalue weighted by molar-refractivity contribution is 6.00. The molecule has 0 aliphatic carbocycles. The lowest BCUT2D eigenvalue weighted by atomic mass is 9.92. The Hall–Kier alpha value is -3.07. The van der Waals surface area contributed by atoms with E-state index in [4.69, 9.17) is 0 Å². The summed E-state index contributed by atoms with van der Waals surface area (Å²) in [5.41, 5.74) is 1.45. The maximum atomic E-state index is 12.8. The number of hydrogen-bond acceptors (Lipinski definition) is 3. The second-order valence-electron chi connectivity index (χ2n) is 8.31. The monoisotopic (exact) mass is 463 g/mol. The molecule has 1 aliphatic heterocycles. The molecular formula is C24H22F5N3O. The molecule has 4 rings (SSSR count). The van der Waals surface area contributed by atoms with Crippen molar-refractivity contribution < 1.29 is 26.7 Å². The fourth-order valence-corrected chi connectivity index (χ4v) is 4.03. The number of amides is 1. The molecular weight excluding hydrogens is 441 g/mol. The summed E-state index contributed by atoms with van der Waals surface area (Å²) in [5.74, 6) is -0.212. The minimum Gasteiger partial charge on any atom is -0.349 e. The fourth-order valence-electron chi connectivity index (χ4n) is 4.03. The van der Waals surface area contributed by atoms with E-state index in [0.717, 1.165) is 12.1 Å². The number of halogens is 5. The summed E-state index contributed by atoms with van der Waals surface area (Å²) < 4.78 is 63.4. The molecule has 0 bridgehead atoms. The number of alkyl halides is 5. The molecule has 174 valence electrons. The highest BCUT2D eigenvalue weighted by atomic mass is 19.4. The van der Waals surface area contributed by atoms with Crippen LogP contribution in [-0.4, -0.2) is 47.9 Å². The Morgan fingerprint density at radius 2 is 1.85 bits per heavy atom. The van der Waals surface area contributed by atoms with Gasteiger partial charge in [0.25, 0.3) is 12.3 Å². The van der Waals surface area contributed by atoms with Gasteiger partial charge in [0.1, 0.15) is 0 Å². The first-order valence-electron chi connectivity index (χ1n) is 10.5. The van der Waals surface area contributed by atoms with Crippen LogP contribution in [0.25, 0.3) is 22.0 Å². The number of pyridine rings is 1. The molecule has 1 saturated heterocycles. The van der Waals surface area contributed by atoms with Gasteiger partial charge in [-0.3, -0.25) is 14.7 Å². The third kappa shape index (κ3) is 5.13. The number of hydrogen-bond donors (Lipinski definition) is 1. The Morgan fingerprint density at radius 3 is 2.48 bits per heavy atom. The number of nitrogens with one attached hydrogen (secondary N) is 1. The van der Waals surface area contributed by atoms with Gasteiger partial charge in [-0.1, -0.05) is 30.3 Å². The van der Waals surface area contributed by atoms with E-state index >= 15 is 0 Å². The Balaban J connectivity index is 1.48. The Labute approximate surface area is 187 Å². The van der Waals surface area contributed by atoms with Crippen molar-refractivity contribution in [2.75, 3.05) is 19.6 Å². The summed E-state index contributed by atoms with van der Waals surface area (Å²) in [7, 11) is 0. The zero-order chi connectivity index (χ0) is 23.8. The molecule has 2 aromatic carbocycles. The van der Waals surface area contributed by atoms with E-state index in [1.807, 2.05) is 6.92 Å². The largest absolute Gasteiger partial charge is 0.416 e. The Bertz CT molecular complexity index is 1140. The van der Waals surface area contributed by atoms with E-state index in [1.54, 1.807) is 29.2 Å². The number of likely N-dealkylation sites (tertiary alicyclic amines) is 1. The molecule has 3 aromatic rings. The number of rotatable bonds is 6. The number of benzene rings is 2. The standard InChI is InChI=1S/C24H22F5N3O/c1-14(18-11-32(12-18)13-21(25)26)31-23(33)17-9-16-3-2-4-20(22(16)30-10-17)15-5-7-19(8-6-15)24(27,28)29/h2-10,14,18,21H,11-13H2,1H3,(H,31,33)/t14-/m0/s1. The van der Waals surface area contributed by atoms with Crippen LogP contribution in [0.4, 0.5) is 22.0 Å². The van der Waals surface area contributed by atoms with E-state index < -0.39 is 18.2 Å². The van der Waals surface area contributed by atoms with Gasteiger partial charge < -0.3 is 5.32 Å². The number of carbonyl (C=O) groups is 1. The maximum absolute atomic E-state index is 12.8. The van der Waals surface area contributed by atoms with Gasteiger partial charge in [0, 0.05) is 42.2 Å². The Kier molecular flexibility index (Phi) is 6.34. The van der Waals surface area contributed by atoms with Crippen LogP contribution in [0.2, 0.25) is 0 Å². The number of fused-ring (bicyclic) bond motifs is 1. The van der Waals surface area contributed by atoms with Crippen LogP contribution in [0.5, 0.6) is 0 Å². The smallest absolute Gasteiger partial charge is 0.349 e. The highest BCUT2D eigenvalue weighted by Gasteiger charge is 2.33. The number of para-hydroxylation sites is 1. The van der Waals surface area contributed by atoms with Gasteiger partial charge in [0.15, 0.2) is 0 Å². The van der Waals surface area contributed by atoms with Crippen LogP contribution in [-0.2, 0) is 6.18 Å². The summed E-state index contributed by atoms with van der Waals surface area (Å²) in [6.07, 6.45) is -5.34. The third-order valence-electron chi connectivity index (χ3n) is 5.94. The van der Waals surface area contributed by atoms with Crippen molar-refractivity contribution in [3.05, 3.63) is 65.9 Å². The van der Waals surface area contributed by atoms with Crippen LogP contribution in [0.3, 0.4) is 0 Å². The van der Waals surface area contributed by atoms with Gasteiger partial charge >= 0.3 is 6.18 Å². The predicted molar refractivity (Wildman–Crippen MR) is 115 cm³/mol. The summed E-state index contributed by atoms with van der Waals surface area (Å²) in [4.78, 5) is 18.8. The van der Waals surface area contributed by atoms with Gasteiger partial charge in [0.2, 0.25) is 0 Å². The van der Waals surface area contributed by atoms with Gasteiger partial charge in [-0.2, -0.15) is 13.2 Å². The van der Waals surface area contributed by atoms with Crippen molar-refractivity contribution >= 4 is 16.8 Å². The lowest BCUT2D eigenvalue weighted by molar-refractivity contribution is -0.137. The number of nitrogens with zero attached hydrogens (tertiary/aromatic N) is 2. The number of aromatic nitrogens is 1. The van der Waals surface area contributed by atoms with Crippen molar-refractivity contribution in [3.8, 4) is 11.1 Å². The summed E-state index contributed by atoms with van der Waals surface area (Å²) in [5, 5.41) is 3.58. The fraction of sp³-hybridized carbons (Fsp3) is 0.333. The molecule has 0 saturated carbocycles. The molecule has 0 radical (unpaired) electrons. The molecule has 0 spiro atoms. The SMILES string of the molecule is C[C@H](NC(=O)c1cnc2c(-c3ccc(C(F)(F)F)cc3)cccc2c1)C1CN(CC(F)F)C1. The third-order valence-corrected chi connectivity index (χ3v) is 5.94. The molecule has 1 atom stereocenters. The minimum atomic E-state index is -4.41. The van der Waals surface area contributed by atoms with Crippen molar-refractivity contribution in [2.45, 2.75) is 25.6 Å². The highest BCUT2D eigenvalue weighted by Crippen LogP contribution is 2.33. The van der Waals surface area contributed by atoms with E-state index in [-0.39, 0.29) is 24.4 Å². The number of carbonyl (C=O) groups excluding carboxylic acids is 1. The molecule has 1 N–H and O–H groups in total. The summed E-state index contributed by atoms with van der Waals surface area (Å²) in [6, 6.07) is 11.7. The van der Waals surface area contributed by atoms with Gasteiger partial charge in [0.05, 0.1) is 23.2 Å². The van der Waals surface area contributed by atoms with Crippen LogP contribution in [0, 0.1) is 5.92 Å². The molecule has 1 fully saturated rings. The van der Waals surface area contributed by atoms with E-state index in [9.17, 15) is 26.7 Å². The van der Waals surface area contributed by atoms with Gasteiger partial charge in [-0.15, -0.1) is 0 Å². The minimum absolute atomic E-state index is 0.104. The normalized spacial score (nSPS) is 16.1. The summed E-state index contributed by atoms with van der Waals surface area (Å²) in [6.45, 7) is 2.61. The maximum Gasteiger partial charge on any atom is 0.416 e. The van der Waals surface area contributed by atoms with Crippen LogP contribution in [0.1, 0.15) is 22.8 Å². The lowest BCUT2D eigenvalue weighted by Crippen LogP contribution is -2.56. The topological polar surface area (TPSA) is 45.2 Å². The zero-order valence-electron chi connectivity index (χ0n) is 17.7. The molecule has 0 unspecified atom stereocenters. The lowest BCUT2D eigenvalue weighted by Gasteiger charge is -2.42. The predicted octanol–water partition coefficient (Wildman–Crippen LogP) is 5.24. The molecule has 1 aromatic heterocycles. The second kappa shape index (κ2) is 9.05. The van der Waals surface area contributed by atoms with Crippen LogP contribution in [0.15, 0.2) is 54.7 Å². The molecule has 1 amide bonds. The van der Waals surface area contributed by atoms with Crippen molar-refractivity contribution in [3.63, 3.8) is 0 Å². The van der Waals surface area contributed by atoms with E-state index in [0.29, 0.717) is 40.7 Å². The van der Waals surface area contributed by atoms with Crippen LogP contribution < -0.4 is 5.32 Å². The van der Waals surface area contributed by atoms with Crippen molar-refractivity contribution in [1.82, 2.24) is 15.2 Å². The Morgan fingerprint density at radius 1 is 1.15 bits per heavy atom. The average Bonchev–Trinajstić information content (AvgIpc) is 2.74. The van der Waals surface area contributed by atoms with Gasteiger partial charge in [-0.25, -0.2) is 8.78 Å². The molecule has 33 heavy (non-hydrogen) atoms. The second-order valence-corrected chi connectivity index (χ2v) is 8.31. The molecule has 1 aliphatic rings. The van der Waals surface area contributed by atoms with Gasteiger partial charge in [-0.05, 0) is 30.7 Å². The zero-order valence-corrected chi connectivity index (χ0v) is 17.7. The quantitative estimate of drug-likeness (QED) is 0.509. The van der Waals surface area contributed by atoms with E-state index in [1.165, 1.54) is 18.3 Å². The first kappa shape index (κ1) is 23.1. The first-order chi connectivity index (χ1) is 15.6. The van der Waals surface area contributed by atoms with Crippen LogP contribution >= 0.6 is 0 Å². The summed E-state index contributed by atoms with van der Waals surface area (Å²) >= 11 is 0.